The number of aliphatic hydroxyl groups is 1. The molecule has 1 aliphatic heterocycles. The van der Waals surface area contributed by atoms with Crippen LogP contribution in [-0.4, -0.2) is 24.9 Å². The molecule has 1 aromatic rings. The molecule has 1 atom stereocenters. The minimum atomic E-state index is -0.157. The smallest absolute Gasteiger partial charge is 0.0535 e. The van der Waals surface area contributed by atoms with E-state index in [9.17, 15) is 5.11 Å². The molecule has 1 unspecified atom stereocenters. The molecule has 1 aliphatic rings. The van der Waals surface area contributed by atoms with Crippen LogP contribution in [0.3, 0.4) is 0 Å². The molecule has 1 heterocycles. The van der Waals surface area contributed by atoms with Gasteiger partial charge in [-0.3, -0.25) is 0 Å². The second-order valence-corrected chi connectivity index (χ2v) is 5.23. The molecule has 0 spiro atoms. The molecule has 0 amide bonds. The average Bonchev–Trinajstić information content (AvgIpc) is 2.83. The Morgan fingerprint density at radius 3 is 2.88 bits per heavy atom. The van der Waals surface area contributed by atoms with Crippen molar-refractivity contribution in [2.24, 2.45) is 0 Å². The maximum atomic E-state index is 9.38. The van der Waals surface area contributed by atoms with Crippen molar-refractivity contribution in [2.45, 2.75) is 31.6 Å². The first-order valence-electron chi connectivity index (χ1n) is 5.92. The minimum Gasteiger partial charge on any atom is -0.395 e. The van der Waals surface area contributed by atoms with E-state index in [2.05, 4.69) is 38.1 Å². The standard InChI is InChI=1S/C14H20O2/c1-14(2,10-15)13-5-3-4-11(8-13)12-6-7-16-9-12/h3-5,8,12,15H,6-7,9-10H2,1-2H3. The Morgan fingerprint density at radius 1 is 1.44 bits per heavy atom. The minimum absolute atomic E-state index is 0.157. The van der Waals surface area contributed by atoms with Crippen LogP contribution in [-0.2, 0) is 10.2 Å². The first-order chi connectivity index (χ1) is 7.63. The van der Waals surface area contributed by atoms with Crippen LogP contribution in [0.25, 0.3) is 0 Å². The normalized spacial score (nSPS) is 21.3. The molecule has 0 saturated carbocycles. The van der Waals surface area contributed by atoms with E-state index >= 15 is 0 Å². The second-order valence-electron chi connectivity index (χ2n) is 5.23. The molecule has 0 aromatic heterocycles. The Balaban J connectivity index is 2.25. The van der Waals surface area contributed by atoms with Crippen LogP contribution in [0.2, 0.25) is 0 Å². The molecule has 16 heavy (non-hydrogen) atoms. The van der Waals surface area contributed by atoms with Gasteiger partial charge in [-0.25, -0.2) is 0 Å². The van der Waals surface area contributed by atoms with Crippen molar-refractivity contribution in [1.82, 2.24) is 0 Å². The van der Waals surface area contributed by atoms with Gasteiger partial charge in [-0.05, 0) is 17.5 Å². The number of aliphatic hydroxyl groups excluding tert-OH is 1. The zero-order chi connectivity index (χ0) is 11.6. The highest BCUT2D eigenvalue weighted by Crippen LogP contribution is 2.29. The van der Waals surface area contributed by atoms with Crippen LogP contribution in [0.1, 0.15) is 37.3 Å². The van der Waals surface area contributed by atoms with Gasteiger partial charge in [0.05, 0.1) is 13.2 Å². The lowest BCUT2D eigenvalue weighted by Gasteiger charge is -2.23. The van der Waals surface area contributed by atoms with Crippen LogP contribution in [0.15, 0.2) is 24.3 Å². The van der Waals surface area contributed by atoms with Gasteiger partial charge in [0, 0.05) is 17.9 Å². The van der Waals surface area contributed by atoms with Crippen LogP contribution < -0.4 is 0 Å². The molecular formula is C14H20O2. The molecule has 2 rings (SSSR count). The van der Waals surface area contributed by atoms with E-state index in [4.69, 9.17) is 4.74 Å². The topological polar surface area (TPSA) is 29.5 Å². The highest BCUT2D eigenvalue weighted by molar-refractivity contribution is 5.31. The van der Waals surface area contributed by atoms with Gasteiger partial charge in [-0.1, -0.05) is 38.1 Å². The molecule has 0 aliphatic carbocycles. The summed E-state index contributed by atoms with van der Waals surface area (Å²) in [4.78, 5) is 0. The fraction of sp³-hybridized carbons (Fsp3) is 0.571. The Labute approximate surface area is 97.3 Å². The number of hydrogen-bond donors (Lipinski definition) is 1. The molecule has 2 heteroatoms. The Morgan fingerprint density at radius 2 is 2.25 bits per heavy atom. The Hall–Kier alpha value is -0.860. The predicted molar refractivity (Wildman–Crippen MR) is 64.7 cm³/mol. The van der Waals surface area contributed by atoms with Gasteiger partial charge in [0.2, 0.25) is 0 Å². The molecule has 1 fully saturated rings. The van der Waals surface area contributed by atoms with Crippen LogP contribution in [0.4, 0.5) is 0 Å². The second kappa shape index (κ2) is 4.56. The number of rotatable bonds is 3. The predicted octanol–water partition coefficient (Wildman–Crippen LogP) is 2.46. The maximum absolute atomic E-state index is 9.38. The molecular weight excluding hydrogens is 200 g/mol. The summed E-state index contributed by atoms with van der Waals surface area (Å²) in [5.41, 5.74) is 2.39. The van der Waals surface area contributed by atoms with Crippen molar-refractivity contribution in [3.05, 3.63) is 35.4 Å². The van der Waals surface area contributed by atoms with Gasteiger partial charge in [-0.15, -0.1) is 0 Å². The van der Waals surface area contributed by atoms with E-state index < -0.39 is 0 Å². The van der Waals surface area contributed by atoms with Gasteiger partial charge in [0.25, 0.3) is 0 Å². The van der Waals surface area contributed by atoms with Crippen molar-refractivity contribution >= 4 is 0 Å². The van der Waals surface area contributed by atoms with Gasteiger partial charge in [-0.2, -0.15) is 0 Å². The largest absolute Gasteiger partial charge is 0.395 e. The quantitative estimate of drug-likeness (QED) is 0.848. The number of hydrogen-bond acceptors (Lipinski definition) is 2. The fourth-order valence-corrected chi connectivity index (χ4v) is 2.10. The molecule has 1 aromatic carbocycles. The Kier molecular flexibility index (Phi) is 3.31. The van der Waals surface area contributed by atoms with Gasteiger partial charge < -0.3 is 9.84 Å². The van der Waals surface area contributed by atoms with Gasteiger partial charge in [0.15, 0.2) is 0 Å². The first kappa shape index (κ1) is 11.6. The zero-order valence-electron chi connectivity index (χ0n) is 10.1. The molecule has 0 radical (unpaired) electrons. The Bertz CT molecular complexity index is 352. The summed E-state index contributed by atoms with van der Waals surface area (Å²) in [5.74, 6) is 0.537. The van der Waals surface area contributed by atoms with E-state index in [1.54, 1.807) is 0 Å². The van der Waals surface area contributed by atoms with Crippen molar-refractivity contribution in [1.29, 1.82) is 0 Å². The lowest BCUT2D eigenvalue weighted by Crippen LogP contribution is -2.22. The van der Waals surface area contributed by atoms with Crippen molar-refractivity contribution < 1.29 is 9.84 Å². The third kappa shape index (κ3) is 2.28. The third-order valence-electron chi connectivity index (χ3n) is 3.46. The molecule has 1 N–H and O–H groups in total. The lowest BCUT2D eigenvalue weighted by molar-refractivity contribution is 0.194. The van der Waals surface area contributed by atoms with Gasteiger partial charge in [0.1, 0.15) is 0 Å². The van der Waals surface area contributed by atoms with Gasteiger partial charge >= 0.3 is 0 Å². The summed E-state index contributed by atoms with van der Waals surface area (Å²) >= 11 is 0. The molecule has 1 saturated heterocycles. The highest BCUT2D eigenvalue weighted by atomic mass is 16.5. The van der Waals surface area contributed by atoms with E-state index in [1.165, 1.54) is 11.1 Å². The number of benzene rings is 1. The summed E-state index contributed by atoms with van der Waals surface area (Å²) in [6.07, 6.45) is 1.11. The summed E-state index contributed by atoms with van der Waals surface area (Å²) in [7, 11) is 0. The summed E-state index contributed by atoms with van der Waals surface area (Å²) < 4.78 is 5.41. The highest BCUT2D eigenvalue weighted by Gasteiger charge is 2.22. The molecule has 2 nitrogen and oxygen atoms in total. The van der Waals surface area contributed by atoms with E-state index in [0.29, 0.717) is 5.92 Å². The van der Waals surface area contributed by atoms with Crippen molar-refractivity contribution in [3.63, 3.8) is 0 Å². The molecule has 0 bridgehead atoms. The number of ether oxygens (including phenoxy) is 1. The summed E-state index contributed by atoms with van der Waals surface area (Å²) in [6, 6.07) is 8.56. The third-order valence-corrected chi connectivity index (χ3v) is 3.46. The SMILES string of the molecule is CC(C)(CO)c1cccc(C2CCOC2)c1. The van der Waals surface area contributed by atoms with E-state index in [0.717, 1.165) is 19.6 Å². The van der Waals surface area contributed by atoms with Crippen LogP contribution >= 0.6 is 0 Å². The van der Waals surface area contributed by atoms with Crippen molar-refractivity contribution in [2.75, 3.05) is 19.8 Å². The maximum Gasteiger partial charge on any atom is 0.0535 e. The van der Waals surface area contributed by atoms with E-state index in [-0.39, 0.29) is 12.0 Å². The van der Waals surface area contributed by atoms with Crippen LogP contribution in [0.5, 0.6) is 0 Å². The average molecular weight is 220 g/mol. The monoisotopic (exact) mass is 220 g/mol. The zero-order valence-corrected chi connectivity index (χ0v) is 10.1. The molecule has 88 valence electrons. The van der Waals surface area contributed by atoms with E-state index in [1.807, 2.05) is 0 Å². The summed E-state index contributed by atoms with van der Waals surface area (Å²) in [6.45, 7) is 6.02. The van der Waals surface area contributed by atoms with Crippen LogP contribution in [0, 0.1) is 0 Å². The van der Waals surface area contributed by atoms with Crippen molar-refractivity contribution in [3.8, 4) is 0 Å². The fourth-order valence-electron chi connectivity index (χ4n) is 2.10. The summed E-state index contributed by atoms with van der Waals surface area (Å²) in [5, 5.41) is 9.38. The first-order valence-corrected chi connectivity index (χ1v) is 5.92. The lowest BCUT2D eigenvalue weighted by atomic mass is 9.83.